The van der Waals surface area contributed by atoms with Crippen molar-refractivity contribution in [2.45, 2.75) is 25.4 Å². The molecule has 1 heterocycles. The standard InChI is InChI=1S/C19H17F3N2O2/c1-13-24(11-17(26-13)12-25-16-5-3-2-4-6-16)15-8-7-14(10-23)18(9-15)19(20,21)22/h2-9,13,17H,11-12H2,1H3/t13-,17+/m1/s1. The highest BCUT2D eigenvalue weighted by molar-refractivity contribution is 5.55. The van der Waals surface area contributed by atoms with E-state index in [0.717, 1.165) is 6.07 Å². The molecule has 2 aromatic rings. The molecule has 0 N–H and O–H groups in total. The quantitative estimate of drug-likeness (QED) is 0.818. The zero-order valence-corrected chi connectivity index (χ0v) is 14.0. The second-order valence-corrected chi connectivity index (χ2v) is 5.97. The summed E-state index contributed by atoms with van der Waals surface area (Å²) in [6, 6.07) is 14.5. The third-order valence-electron chi connectivity index (χ3n) is 4.17. The van der Waals surface area contributed by atoms with Crippen molar-refractivity contribution < 1.29 is 22.6 Å². The van der Waals surface area contributed by atoms with Crippen LogP contribution in [0.1, 0.15) is 18.1 Å². The Hall–Kier alpha value is -2.72. The van der Waals surface area contributed by atoms with Gasteiger partial charge >= 0.3 is 6.18 Å². The van der Waals surface area contributed by atoms with Crippen molar-refractivity contribution in [1.82, 2.24) is 0 Å². The summed E-state index contributed by atoms with van der Waals surface area (Å²) in [5.41, 5.74) is -0.960. The van der Waals surface area contributed by atoms with Crippen molar-refractivity contribution in [2.24, 2.45) is 0 Å². The van der Waals surface area contributed by atoms with Crippen LogP contribution in [0.5, 0.6) is 5.75 Å². The van der Waals surface area contributed by atoms with Crippen LogP contribution in [0.2, 0.25) is 0 Å². The van der Waals surface area contributed by atoms with Crippen LogP contribution < -0.4 is 9.64 Å². The lowest BCUT2D eigenvalue weighted by atomic mass is 10.1. The summed E-state index contributed by atoms with van der Waals surface area (Å²) >= 11 is 0. The zero-order valence-electron chi connectivity index (χ0n) is 14.0. The fourth-order valence-corrected chi connectivity index (χ4v) is 2.92. The largest absolute Gasteiger partial charge is 0.491 e. The molecule has 2 atom stereocenters. The van der Waals surface area contributed by atoms with Gasteiger partial charge in [0.15, 0.2) is 0 Å². The summed E-state index contributed by atoms with van der Waals surface area (Å²) in [6.07, 6.45) is -5.25. The van der Waals surface area contributed by atoms with Crippen molar-refractivity contribution in [3.05, 3.63) is 59.7 Å². The van der Waals surface area contributed by atoms with E-state index in [9.17, 15) is 13.2 Å². The van der Waals surface area contributed by atoms with E-state index >= 15 is 0 Å². The summed E-state index contributed by atoms with van der Waals surface area (Å²) in [5.74, 6) is 0.708. The smallest absolute Gasteiger partial charge is 0.417 e. The van der Waals surface area contributed by atoms with Crippen LogP contribution in [0.3, 0.4) is 0 Å². The maximum absolute atomic E-state index is 13.2. The van der Waals surface area contributed by atoms with Crippen LogP contribution in [0.15, 0.2) is 48.5 Å². The highest BCUT2D eigenvalue weighted by Crippen LogP contribution is 2.35. The Bertz CT molecular complexity index is 803. The first-order valence-corrected chi connectivity index (χ1v) is 8.10. The SMILES string of the molecule is C[C@H]1O[C@H](COc2ccccc2)CN1c1ccc(C#N)c(C(F)(F)F)c1. The van der Waals surface area contributed by atoms with Gasteiger partial charge in [-0.15, -0.1) is 0 Å². The predicted molar refractivity (Wildman–Crippen MR) is 89.8 cm³/mol. The van der Waals surface area contributed by atoms with Gasteiger partial charge in [0.05, 0.1) is 23.7 Å². The van der Waals surface area contributed by atoms with E-state index in [1.54, 1.807) is 17.9 Å². The number of halogens is 3. The molecule has 4 nitrogen and oxygen atoms in total. The molecule has 3 rings (SSSR count). The Kier molecular flexibility index (Phi) is 5.05. The molecule has 136 valence electrons. The number of ether oxygens (including phenoxy) is 2. The summed E-state index contributed by atoms with van der Waals surface area (Å²) < 4.78 is 50.9. The monoisotopic (exact) mass is 362 g/mol. The van der Waals surface area contributed by atoms with E-state index in [4.69, 9.17) is 14.7 Å². The third kappa shape index (κ3) is 3.92. The van der Waals surface area contributed by atoms with Crippen LogP contribution in [0, 0.1) is 11.3 Å². The van der Waals surface area contributed by atoms with Crippen molar-refractivity contribution in [3.63, 3.8) is 0 Å². The summed E-state index contributed by atoms with van der Waals surface area (Å²) in [7, 11) is 0. The predicted octanol–water partition coefficient (Wildman–Crippen LogP) is 4.21. The average Bonchev–Trinajstić information content (AvgIpc) is 3.00. The number of benzene rings is 2. The second-order valence-electron chi connectivity index (χ2n) is 5.97. The van der Waals surface area contributed by atoms with E-state index in [1.165, 1.54) is 12.1 Å². The molecular formula is C19H17F3N2O2. The molecular weight excluding hydrogens is 345 g/mol. The van der Waals surface area contributed by atoms with Crippen molar-refractivity contribution in [1.29, 1.82) is 5.26 Å². The number of hydrogen-bond donors (Lipinski definition) is 0. The van der Waals surface area contributed by atoms with Crippen LogP contribution >= 0.6 is 0 Å². The van der Waals surface area contributed by atoms with Gasteiger partial charge in [-0.1, -0.05) is 18.2 Å². The lowest BCUT2D eigenvalue weighted by Crippen LogP contribution is -2.28. The van der Waals surface area contributed by atoms with E-state index in [2.05, 4.69) is 0 Å². The van der Waals surface area contributed by atoms with Gasteiger partial charge in [-0.05, 0) is 37.3 Å². The van der Waals surface area contributed by atoms with Crippen LogP contribution in [0.4, 0.5) is 18.9 Å². The molecule has 0 aromatic heterocycles. The first-order valence-electron chi connectivity index (χ1n) is 8.10. The molecule has 0 radical (unpaired) electrons. The first kappa shape index (κ1) is 18.1. The van der Waals surface area contributed by atoms with Crippen LogP contribution in [-0.2, 0) is 10.9 Å². The maximum Gasteiger partial charge on any atom is 0.417 e. The number of para-hydroxylation sites is 1. The average molecular weight is 362 g/mol. The van der Waals surface area contributed by atoms with Gasteiger partial charge in [-0.25, -0.2) is 0 Å². The number of nitrogens with zero attached hydrogens (tertiary/aromatic N) is 2. The Labute approximate surface area is 149 Å². The Balaban J connectivity index is 1.73. The number of hydrogen-bond acceptors (Lipinski definition) is 4. The van der Waals surface area contributed by atoms with Crippen LogP contribution in [0.25, 0.3) is 0 Å². The van der Waals surface area contributed by atoms with Gasteiger partial charge in [0, 0.05) is 5.69 Å². The summed E-state index contributed by atoms with van der Waals surface area (Å²) in [4.78, 5) is 1.73. The highest BCUT2D eigenvalue weighted by Gasteiger charge is 2.36. The first-order chi connectivity index (χ1) is 12.4. The zero-order chi connectivity index (χ0) is 18.7. The minimum atomic E-state index is -4.58. The third-order valence-corrected chi connectivity index (χ3v) is 4.17. The lowest BCUT2D eigenvalue weighted by Gasteiger charge is -2.23. The molecule has 2 aromatic carbocycles. The van der Waals surface area contributed by atoms with E-state index < -0.39 is 23.5 Å². The highest BCUT2D eigenvalue weighted by atomic mass is 19.4. The minimum Gasteiger partial charge on any atom is -0.491 e. The molecule has 0 aliphatic carbocycles. The van der Waals surface area contributed by atoms with Crippen LogP contribution in [-0.4, -0.2) is 25.5 Å². The Morgan fingerprint density at radius 2 is 1.96 bits per heavy atom. The number of anilines is 1. The topological polar surface area (TPSA) is 45.5 Å². The Morgan fingerprint density at radius 1 is 1.23 bits per heavy atom. The maximum atomic E-state index is 13.2. The molecule has 0 bridgehead atoms. The molecule has 26 heavy (non-hydrogen) atoms. The van der Waals surface area contributed by atoms with Crippen molar-refractivity contribution >= 4 is 5.69 Å². The lowest BCUT2D eigenvalue weighted by molar-refractivity contribution is -0.137. The van der Waals surface area contributed by atoms with Gasteiger partial charge in [-0.3, -0.25) is 0 Å². The molecule has 0 unspecified atom stereocenters. The van der Waals surface area contributed by atoms with Gasteiger partial charge in [0.1, 0.15) is 24.7 Å². The molecule has 1 saturated heterocycles. The molecule has 0 amide bonds. The fraction of sp³-hybridized carbons (Fsp3) is 0.316. The fourth-order valence-electron chi connectivity index (χ4n) is 2.92. The van der Waals surface area contributed by atoms with Gasteiger partial charge in [-0.2, -0.15) is 18.4 Å². The van der Waals surface area contributed by atoms with Gasteiger partial charge < -0.3 is 14.4 Å². The summed E-state index contributed by atoms with van der Waals surface area (Å²) in [6.45, 7) is 2.47. The van der Waals surface area contributed by atoms with Crippen molar-refractivity contribution in [3.8, 4) is 11.8 Å². The van der Waals surface area contributed by atoms with E-state index in [0.29, 0.717) is 24.6 Å². The van der Waals surface area contributed by atoms with Crippen molar-refractivity contribution in [2.75, 3.05) is 18.1 Å². The normalized spacial score (nSPS) is 20.0. The number of rotatable bonds is 4. The van der Waals surface area contributed by atoms with E-state index in [-0.39, 0.29) is 6.10 Å². The molecule has 1 aliphatic rings. The number of nitriles is 1. The van der Waals surface area contributed by atoms with E-state index in [1.807, 2.05) is 30.3 Å². The summed E-state index contributed by atoms with van der Waals surface area (Å²) in [5, 5.41) is 8.91. The molecule has 0 saturated carbocycles. The molecule has 1 fully saturated rings. The molecule has 7 heteroatoms. The van der Waals surface area contributed by atoms with Gasteiger partial charge in [0.25, 0.3) is 0 Å². The number of alkyl halides is 3. The van der Waals surface area contributed by atoms with Gasteiger partial charge in [0.2, 0.25) is 0 Å². The molecule has 0 spiro atoms. The Morgan fingerprint density at radius 3 is 2.62 bits per heavy atom. The second kappa shape index (κ2) is 7.26. The minimum absolute atomic E-state index is 0.268. The molecule has 1 aliphatic heterocycles.